The van der Waals surface area contributed by atoms with Gasteiger partial charge in [0.15, 0.2) is 0 Å². The molecule has 0 aliphatic heterocycles. The summed E-state index contributed by atoms with van der Waals surface area (Å²) >= 11 is 0. The number of pyridine rings is 1. The lowest BCUT2D eigenvalue weighted by Crippen LogP contribution is -2.40. The highest BCUT2D eigenvalue weighted by atomic mass is 16.3. The van der Waals surface area contributed by atoms with E-state index in [2.05, 4.69) is 44.6 Å². The number of rotatable bonds is 3. The smallest absolute Gasteiger partial charge is 0.131 e. The molecular weight excluding hydrogens is 212 g/mol. The Hall–Kier alpha value is -1.09. The second-order valence-electron chi connectivity index (χ2n) is 5.80. The first-order valence-electron chi connectivity index (χ1n) is 6.06. The SMILES string of the molecule is Cc1cc(CO)cnc1N(C)C(C)C(C)(C)C. The molecule has 1 unspecified atom stereocenters. The Morgan fingerprint density at radius 2 is 2.00 bits per heavy atom. The summed E-state index contributed by atoms with van der Waals surface area (Å²) in [7, 11) is 2.07. The van der Waals surface area contributed by atoms with Crippen molar-refractivity contribution in [3.8, 4) is 0 Å². The molecule has 0 aliphatic carbocycles. The maximum atomic E-state index is 9.08. The van der Waals surface area contributed by atoms with Crippen molar-refractivity contribution in [1.82, 2.24) is 4.98 Å². The molecule has 0 saturated carbocycles. The van der Waals surface area contributed by atoms with Crippen molar-refractivity contribution < 1.29 is 5.11 Å². The van der Waals surface area contributed by atoms with Crippen molar-refractivity contribution >= 4 is 5.82 Å². The third-order valence-corrected chi connectivity index (χ3v) is 3.46. The molecule has 0 amide bonds. The molecule has 3 heteroatoms. The summed E-state index contributed by atoms with van der Waals surface area (Å²) in [6.07, 6.45) is 1.74. The Morgan fingerprint density at radius 1 is 1.41 bits per heavy atom. The van der Waals surface area contributed by atoms with Crippen LogP contribution in [0.3, 0.4) is 0 Å². The number of aromatic nitrogens is 1. The topological polar surface area (TPSA) is 36.4 Å². The molecule has 1 heterocycles. The van der Waals surface area contributed by atoms with Crippen LogP contribution in [-0.4, -0.2) is 23.2 Å². The number of anilines is 1. The highest BCUT2D eigenvalue weighted by molar-refractivity contribution is 5.47. The molecule has 0 fully saturated rings. The van der Waals surface area contributed by atoms with E-state index in [1.165, 1.54) is 0 Å². The Bertz CT molecular complexity index is 382. The average molecular weight is 236 g/mol. The maximum Gasteiger partial charge on any atom is 0.131 e. The highest BCUT2D eigenvalue weighted by Gasteiger charge is 2.25. The van der Waals surface area contributed by atoms with Gasteiger partial charge in [0.2, 0.25) is 0 Å². The lowest BCUT2D eigenvalue weighted by atomic mass is 9.87. The highest BCUT2D eigenvalue weighted by Crippen LogP contribution is 2.28. The Kier molecular flexibility index (Phi) is 4.15. The van der Waals surface area contributed by atoms with Gasteiger partial charge in [-0.1, -0.05) is 20.8 Å². The van der Waals surface area contributed by atoms with E-state index >= 15 is 0 Å². The second kappa shape index (κ2) is 5.05. The van der Waals surface area contributed by atoms with E-state index in [4.69, 9.17) is 5.11 Å². The fourth-order valence-electron chi connectivity index (χ4n) is 1.85. The van der Waals surface area contributed by atoms with Gasteiger partial charge in [-0.15, -0.1) is 0 Å². The molecule has 1 aromatic rings. The van der Waals surface area contributed by atoms with Crippen molar-refractivity contribution in [2.24, 2.45) is 5.41 Å². The van der Waals surface area contributed by atoms with E-state index in [0.29, 0.717) is 6.04 Å². The van der Waals surface area contributed by atoms with Crippen molar-refractivity contribution in [1.29, 1.82) is 0 Å². The van der Waals surface area contributed by atoms with E-state index in [1.54, 1.807) is 6.20 Å². The van der Waals surface area contributed by atoms with Crippen molar-refractivity contribution in [2.45, 2.75) is 47.3 Å². The molecule has 1 atom stereocenters. The summed E-state index contributed by atoms with van der Waals surface area (Å²) in [4.78, 5) is 6.65. The van der Waals surface area contributed by atoms with E-state index in [0.717, 1.165) is 16.9 Å². The van der Waals surface area contributed by atoms with Gasteiger partial charge < -0.3 is 10.0 Å². The summed E-state index contributed by atoms with van der Waals surface area (Å²) in [6.45, 7) is 11.0. The first-order chi connectivity index (χ1) is 7.77. The zero-order valence-corrected chi connectivity index (χ0v) is 11.8. The molecule has 96 valence electrons. The number of nitrogens with zero attached hydrogens (tertiary/aromatic N) is 2. The lowest BCUT2D eigenvalue weighted by Gasteiger charge is -2.36. The van der Waals surface area contributed by atoms with Gasteiger partial charge in [-0.25, -0.2) is 4.98 Å². The predicted molar refractivity (Wildman–Crippen MR) is 72.2 cm³/mol. The van der Waals surface area contributed by atoms with Gasteiger partial charge in [-0.2, -0.15) is 0 Å². The lowest BCUT2D eigenvalue weighted by molar-refractivity contribution is 0.281. The molecule has 3 nitrogen and oxygen atoms in total. The summed E-state index contributed by atoms with van der Waals surface area (Å²) < 4.78 is 0. The van der Waals surface area contributed by atoms with Gasteiger partial charge in [0, 0.05) is 19.3 Å². The minimum Gasteiger partial charge on any atom is -0.392 e. The van der Waals surface area contributed by atoms with Crippen LogP contribution in [0.15, 0.2) is 12.3 Å². The minimum absolute atomic E-state index is 0.0483. The van der Waals surface area contributed by atoms with Crippen LogP contribution in [0.4, 0.5) is 5.82 Å². The molecule has 0 saturated heterocycles. The number of aliphatic hydroxyl groups is 1. The molecule has 1 N–H and O–H groups in total. The Labute approximate surface area is 104 Å². The number of aliphatic hydroxyl groups excluding tert-OH is 1. The van der Waals surface area contributed by atoms with Crippen LogP contribution in [0.2, 0.25) is 0 Å². The summed E-state index contributed by atoms with van der Waals surface area (Å²) in [5.41, 5.74) is 2.18. The second-order valence-corrected chi connectivity index (χ2v) is 5.80. The van der Waals surface area contributed by atoms with Gasteiger partial charge in [0.05, 0.1) is 6.61 Å². The summed E-state index contributed by atoms with van der Waals surface area (Å²) in [6, 6.07) is 2.39. The summed E-state index contributed by atoms with van der Waals surface area (Å²) in [5.74, 6) is 0.990. The average Bonchev–Trinajstić information content (AvgIpc) is 2.25. The van der Waals surface area contributed by atoms with Crippen molar-refractivity contribution in [2.75, 3.05) is 11.9 Å². The van der Waals surface area contributed by atoms with Crippen LogP contribution < -0.4 is 4.90 Å². The molecule has 17 heavy (non-hydrogen) atoms. The van der Waals surface area contributed by atoms with Gasteiger partial charge in [-0.05, 0) is 36.5 Å². The maximum absolute atomic E-state index is 9.08. The number of hydrogen-bond donors (Lipinski definition) is 1. The minimum atomic E-state index is 0.0483. The number of aryl methyl sites for hydroxylation is 1. The van der Waals surface area contributed by atoms with E-state index < -0.39 is 0 Å². The molecule has 1 rings (SSSR count). The van der Waals surface area contributed by atoms with Crippen molar-refractivity contribution in [3.05, 3.63) is 23.4 Å². The van der Waals surface area contributed by atoms with Crippen molar-refractivity contribution in [3.63, 3.8) is 0 Å². The third kappa shape index (κ3) is 3.19. The van der Waals surface area contributed by atoms with Gasteiger partial charge in [0.25, 0.3) is 0 Å². The van der Waals surface area contributed by atoms with Crippen LogP contribution >= 0.6 is 0 Å². The standard InChI is InChI=1S/C14H24N2O/c1-10-7-12(9-17)8-15-13(10)16(6)11(2)14(3,4)5/h7-8,11,17H,9H2,1-6H3. The number of hydrogen-bond acceptors (Lipinski definition) is 3. The molecule has 0 aromatic carbocycles. The zero-order valence-electron chi connectivity index (χ0n) is 11.8. The van der Waals surface area contributed by atoms with Crippen LogP contribution in [0.5, 0.6) is 0 Å². The van der Waals surface area contributed by atoms with E-state index in [1.807, 2.05) is 13.0 Å². The Balaban J connectivity index is 3.01. The first kappa shape index (κ1) is 14.0. The van der Waals surface area contributed by atoms with E-state index in [-0.39, 0.29) is 12.0 Å². The quantitative estimate of drug-likeness (QED) is 0.876. The first-order valence-corrected chi connectivity index (χ1v) is 6.06. The van der Waals surface area contributed by atoms with Crippen LogP contribution in [0.1, 0.15) is 38.8 Å². The third-order valence-electron chi connectivity index (χ3n) is 3.46. The molecular formula is C14H24N2O. The van der Waals surface area contributed by atoms with E-state index in [9.17, 15) is 0 Å². The van der Waals surface area contributed by atoms with Gasteiger partial charge in [0.1, 0.15) is 5.82 Å². The molecule has 0 radical (unpaired) electrons. The largest absolute Gasteiger partial charge is 0.392 e. The van der Waals surface area contributed by atoms with Gasteiger partial charge in [-0.3, -0.25) is 0 Å². The molecule has 0 bridgehead atoms. The fourth-order valence-corrected chi connectivity index (χ4v) is 1.85. The zero-order chi connectivity index (χ0) is 13.2. The van der Waals surface area contributed by atoms with Crippen LogP contribution in [-0.2, 0) is 6.61 Å². The monoisotopic (exact) mass is 236 g/mol. The molecule has 0 aliphatic rings. The Morgan fingerprint density at radius 3 is 2.41 bits per heavy atom. The van der Waals surface area contributed by atoms with Gasteiger partial charge >= 0.3 is 0 Å². The van der Waals surface area contributed by atoms with Crippen LogP contribution in [0.25, 0.3) is 0 Å². The molecule has 1 aromatic heterocycles. The fraction of sp³-hybridized carbons (Fsp3) is 0.643. The predicted octanol–water partition coefficient (Wildman–Crippen LogP) is 2.75. The summed E-state index contributed by atoms with van der Waals surface area (Å²) in [5, 5.41) is 9.08. The molecule has 0 spiro atoms. The normalized spacial score (nSPS) is 13.6. The van der Waals surface area contributed by atoms with Crippen LogP contribution in [0, 0.1) is 12.3 Å².